The highest BCUT2D eigenvalue weighted by Crippen LogP contribution is 2.37. The van der Waals surface area contributed by atoms with Crippen molar-refractivity contribution in [2.75, 3.05) is 39.8 Å². The number of aliphatic hydroxyl groups is 1. The molecule has 2 aliphatic heterocycles. The van der Waals surface area contributed by atoms with E-state index in [1.807, 2.05) is 36.4 Å². The third kappa shape index (κ3) is 6.87. The Bertz CT molecular complexity index is 1640. The number of methoxy groups -OCH3 is 1. The van der Waals surface area contributed by atoms with Crippen molar-refractivity contribution in [2.45, 2.75) is 50.2 Å². The van der Waals surface area contributed by atoms with Crippen molar-refractivity contribution >= 4 is 5.91 Å². The highest BCUT2D eigenvalue weighted by molar-refractivity contribution is 5.84. The SMILES string of the molecule is COc1ccc(-n2nnnc2C(F)(F)F)cc1CN1CC2CN(C(=O)C(C)(C)O)CCN2C(C(c2ccccc2)c2ccccc2)C1. The molecule has 0 saturated carbocycles. The van der Waals surface area contributed by atoms with Gasteiger partial charge in [0, 0.05) is 62.8 Å². The van der Waals surface area contributed by atoms with Gasteiger partial charge in [0.1, 0.15) is 11.4 Å². The van der Waals surface area contributed by atoms with Gasteiger partial charge in [0.2, 0.25) is 0 Å². The average molecular weight is 650 g/mol. The zero-order chi connectivity index (χ0) is 33.3. The first-order valence-electron chi connectivity index (χ1n) is 15.6. The highest BCUT2D eigenvalue weighted by Gasteiger charge is 2.44. The molecule has 248 valence electrons. The van der Waals surface area contributed by atoms with Crippen LogP contribution in [0.2, 0.25) is 0 Å². The number of hydrogen-bond acceptors (Lipinski definition) is 8. The Kier molecular flexibility index (Phi) is 9.05. The third-order valence-electron chi connectivity index (χ3n) is 9.01. The van der Waals surface area contributed by atoms with Gasteiger partial charge < -0.3 is 14.7 Å². The number of tetrazole rings is 1. The van der Waals surface area contributed by atoms with Crippen LogP contribution in [0.1, 0.15) is 42.3 Å². The predicted octanol–water partition coefficient (Wildman–Crippen LogP) is 3.99. The molecule has 2 saturated heterocycles. The minimum absolute atomic E-state index is 0.00281. The molecule has 1 aromatic heterocycles. The van der Waals surface area contributed by atoms with Gasteiger partial charge in [-0.3, -0.25) is 14.6 Å². The van der Waals surface area contributed by atoms with Crippen molar-refractivity contribution in [3.05, 3.63) is 101 Å². The zero-order valence-electron chi connectivity index (χ0n) is 26.5. The molecular formula is C34H38F3N7O3. The van der Waals surface area contributed by atoms with E-state index in [9.17, 15) is 23.1 Å². The molecule has 2 atom stereocenters. The average Bonchev–Trinajstić information content (AvgIpc) is 3.56. The van der Waals surface area contributed by atoms with Crippen molar-refractivity contribution in [2.24, 2.45) is 0 Å². The summed E-state index contributed by atoms with van der Waals surface area (Å²) in [6, 6.07) is 25.4. The van der Waals surface area contributed by atoms with E-state index in [-0.39, 0.29) is 29.6 Å². The van der Waals surface area contributed by atoms with E-state index in [1.165, 1.54) is 27.0 Å². The largest absolute Gasteiger partial charge is 0.496 e. The Morgan fingerprint density at radius 3 is 2.21 bits per heavy atom. The van der Waals surface area contributed by atoms with Crippen LogP contribution >= 0.6 is 0 Å². The fraction of sp³-hybridized carbons (Fsp3) is 0.412. The quantitative estimate of drug-likeness (QED) is 0.306. The van der Waals surface area contributed by atoms with Crippen molar-refractivity contribution in [1.82, 2.24) is 34.9 Å². The second kappa shape index (κ2) is 13.1. The van der Waals surface area contributed by atoms with Gasteiger partial charge in [-0.25, -0.2) is 0 Å². The zero-order valence-corrected chi connectivity index (χ0v) is 26.5. The molecule has 0 bridgehead atoms. The lowest BCUT2D eigenvalue weighted by Crippen LogP contribution is -2.68. The van der Waals surface area contributed by atoms with Crippen LogP contribution in [0, 0.1) is 0 Å². The third-order valence-corrected chi connectivity index (χ3v) is 9.01. The molecule has 1 N–H and O–H groups in total. The topological polar surface area (TPSA) is 99.8 Å². The number of alkyl halides is 3. The number of halogens is 3. The monoisotopic (exact) mass is 649 g/mol. The van der Waals surface area contributed by atoms with Crippen molar-refractivity contribution in [1.29, 1.82) is 0 Å². The second-order valence-electron chi connectivity index (χ2n) is 12.7. The molecule has 13 heteroatoms. The summed E-state index contributed by atoms with van der Waals surface area (Å²) >= 11 is 0. The van der Waals surface area contributed by atoms with E-state index in [0.29, 0.717) is 55.3 Å². The first-order valence-corrected chi connectivity index (χ1v) is 15.6. The summed E-state index contributed by atoms with van der Waals surface area (Å²) in [5.74, 6) is -0.998. The van der Waals surface area contributed by atoms with Gasteiger partial charge in [0.05, 0.1) is 12.8 Å². The molecule has 47 heavy (non-hydrogen) atoms. The standard InChI is InChI=1S/C34H38F3N7O3/c1-33(2,46)32(45)42-16-17-43-27(21-42)20-41(22-28(43)30(23-10-6-4-7-11-23)24-12-8-5-9-13-24)19-25-18-26(14-15-29(25)47-3)44-31(34(35,36)37)38-39-40-44/h4-15,18,27-28,30,46H,16-17,19-22H2,1-3H3. The number of fused-ring (bicyclic) bond motifs is 1. The first-order chi connectivity index (χ1) is 22.4. The summed E-state index contributed by atoms with van der Waals surface area (Å²) in [6.45, 7) is 6.19. The van der Waals surface area contributed by atoms with Crippen LogP contribution < -0.4 is 4.74 Å². The van der Waals surface area contributed by atoms with Crippen molar-refractivity contribution < 1.29 is 27.8 Å². The van der Waals surface area contributed by atoms with Crippen LogP contribution in [0.5, 0.6) is 5.75 Å². The molecule has 10 nitrogen and oxygen atoms in total. The molecule has 4 aromatic rings. The predicted molar refractivity (Wildman–Crippen MR) is 168 cm³/mol. The number of amides is 1. The minimum atomic E-state index is -4.73. The van der Waals surface area contributed by atoms with Gasteiger partial charge in [0.25, 0.3) is 11.7 Å². The molecule has 0 aliphatic carbocycles. The fourth-order valence-corrected chi connectivity index (χ4v) is 6.96. The second-order valence-corrected chi connectivity index (χ2v) is 12.7. The summed E-state index contributed by atoms with van der Waals surface area (Å²) in [4.78, 5) is 19.7. The molecule has 6 rings (SSSR count). The van der Waals surface area contributed by atoms with Crippen molar-refractivity contribution in [3.8, 4) is 11.4 Å². The number of nitrogens with zero attached hydrogens (tertiary/aromatic N) is 7. The number of hydrogen-bond donors (Lipinski definition) is 1. The number of benzene rings is 3. The van der Waals surface area contributed by atoms with Crippen LogP contribution in [0.25, 0.3) is 5.69 Å². The van der Waals surface area contributed by atoms with Crippen molar-refractivity contribution in [3.63, 3.8) is 0 Å². The summed E-state index contributed by atoms with van der Waals surface area (Å²) in [5, 5.41) is 20.6. The number of piperazine rings is 2. The van der Waals surface area contributed by atoms with E-state index >= 15 is 0 Å². The summed E-state index contributed by atoms with van der Waals surface area (Å²) < 4.78 is 47.3. The van der Waals surface area contributed by atoms with Gasteiger partial charge in [0.15, 0.2) is 0 Å². The van der Waals surface area contributed by atoms with Gasteiger partial charge >= 0.3 is 6.18 Å². The molecule has 2 fully saturated rings. The molecule has 0 spiro atoms. The Balaban J connectivity index is 1.38. The lowest BCUT2D eigenvalue weighted by molar-refractivity contribution is -0.153. The molecule has 3 heterocycles. The van der Waals surface area contributed by atoms with Crippen LogP contribution in [-0.2, 0) is 17.5 Å². The van der Waals surface area contributed by atoms with E-state index < -0.39 is 17.6 Å². The smallest absolute Gasteiger partial charge is 0.453 e. The summed E-state index contributed by atoms with van der Waals surface area (Å²) in [5.41, 5.74) is 1.68. The Labute approximate surface area is 271 Å². The maximum absolute atomic E-state index is 13.7. The summed E-state index contributed by atoms with van der Waals surface area (Å²) in [7, 11) is 1.53. The van der Waals surface area contributed by atoms with Gasteiger partial charge in [-0.05, 0) is 53.6 Å². The lowest BCUT2D eigenvalue weighted by atomic mass is 9.81. The normalized spacial score (nSPS) is 19.5. The molecule has 1 amide bonds. The Morgan fingerprint density at radius 2 is 1.62 bits per heavy atom. The van der Waals surface area contributed by atoms with E-state index in [4.69, 9.17) is 4.74 Å². The van der Waals surface area contributed by atoms with E-state index in [2.05, 4.69) is 49.6 Å². The lowest BCUT2D eigenvalue weighted by Gasteiger charge is -2.54. The maximum Gasteiger partial charge on any atom is 0.453 e. The number of aromatic nitrogens is 4. The van der Waals surface area contributed by atoms with Crippen LogP contribution in [-0.4, -0.2) is 103 Å². The van der Waals surface area contributed by atoms with E-state index in [0.717, 1.165) is 11.1 Å². The Hall–Kier alpha value is -4.33. The molecule has 0 radical (unpaired) electrons. The number of ether oxygens (including phenoxy) is 1. The van der Waals surface area contributed by atoms with Gasteiger partial charge in [-0.2, -0.15) is 17.9 Å². The van der Waals surface area contributed by atoms with Crippen LogP contribution in [0.3, 0.4) is 0 Å². The molecule has 3 aromatic carbocycles. The van der Waals surface area contributed by atoms with E-state index in [1.54, 1.807) is 17.0 Å². The minimum Gasteiger partial charge on any atom is -0.496 e. The number of carbonyl (C=O) groups is 1. The molecular weight excluding hydrogens is 611 g/mol. The van der Waals surface area contributed by atoms with Gasteiger partial charge in [-0.15, -0.1) is 5.10 Å². The maximum atomic E-state index is 13.7. The number of carbonyl (C=O) groups excluding carboxylic acids is 1. The first kappa shape index (κ1) is 32.6. The van der Waals surface area contributed by atoms with Gasteiger partial charge in [-0.1, -0.05) is 60.7 Å². The van der Waals surface area contributed by atoms with Crippen LogP contribution in [0.15, 0.2) is 78.9 Å². The Morgan fingerprint density at radius 1 is 0.957 bits per heavy atom. The van der Waals surface area contributed by atoms with Crippen LogP contribution in [0.4, 0.5) is 13.2 Å². The molecule has 2 aliphatic rings. The number of rotatable bonds is 8. The fourth-order valence-electron chi connectivity index (χ4n) is 6.96. The highest BCUT2D eigenvalue weighted by atomic mass is 19.4. The summed E-state index contributed by atoms with van der Waals surface area (Å²) in [6.07, 6.45) is -4.73. The molecule has 2 unspecified atom stereocenters.